The first kappa shape index (κ1) is 35.7. The quantitative estimate of drug-likeness (QED) is 0.127. The number of ether oxygens (including phenoxy) is 1. The number of aromatic hydroxyl groups is 1. The lowest BCUT2D eigenvalue weighted by atomic mass is 9.80. The topological polar surface area (TPSA) is 117 Å². The maximum Gasteiger partial charge on any atom is 0.295 e. The molecule has 11 heteroatoms. The van der Waals surface area contributed by atoms with Crippen LogP contribution in [0.3, 0.4) is 0 Å². The fraction of sp³-hybridized carbons (Fsp3) is 0.140. The van der Waals surface area contributed by atoms with Crippen molar-refractivity contribution in [2.45, 2.75) is 24.2 Å². The highest BCUT2D eigenvalue weighted by molar-refractivity contribution is 7.86. The van der Waals surface area contributed by atoms with Crippen molar-refractivity contribution in [1.29, 1.82) is 0 Å². The molecule has 5 aromatic carbocycles. The standard InChI is InChI=1S/C43H33Cl2NO7S/c1-43(2)32-14-22(6-10-27(32)28-11-8-24(15-33(28)43)26-13-9-25(46(3)4)17-38(26)52-5)23-7-12-29(41(16-23)54(49,50)51)42-30-18-34(44)36(47)20-39(30)53-40-21-37(48)35(45)19-31(40)42/h6-21,47H,1-5H3,(H,49,50,51). The van der Waals surface area contributed by atoms with E-state index in [2.05, 4.69) is 50.2 Å². The van der Waals surface area contributed by atoms with Gasteiger partial charge in [0.25, 0.3) is 10.1 Å². The fourth-order valence-electron chi connectivity index (χ4n) is 7.59. The van der Waals surface area contributed by atoms with Gasteiger partial charge in [-0.3, -0.25) is 9.35 Å². The van der Waals surface area contributed by atoms with Gasteiger partial charge in [-0.1, -0.05) is 73.4 Å². The Balaban J connectivity index is 1.26. The number of hydrogen-bond donors (Lipinski definition) is 2. The summed E-state index contributed by atoms with van der Waals surface area (Å²) >= 11 is 12.6. The van der Waals surface area contributed by atoms with Crippen LogP contribution in [-0.4, -0.2) is 39.3 Å². The molecule has 0 saturated carbocycles. The minimum absolute atomic E-state index is 0.00916. The van der Waals surface area contributed by atoms with Gasteiger partial charge in [0.05, 0.1) is 17.2 Å². The van der Waals surface area contributed by atoms with E-state index in [-0.39, 0.29) is 37.6 Å². The summed E-state index contributed by atoms with van der Waals surface area (Å²) in [6.45, 7) is 4.34. The summed E-state index contributed by atoms with van der Waals surface area (Å²) < 4.78 is 48.8. The molecule has 8 nitrogen and oxygen atoms in total. The second kappa shape index (κ2) is 12.6. The molecule has 2 N–H and O–H groups in total. The SMILES string of the molecule is COc1cc(N(C)C)ccc1-c1ccc2c(c1)C(C)(C)c1cc(-c3ccc(-c4c5cc(Cl)c(=O)cc-5oc5cc(O)c(Cl)cc45)c(S(=O)(=O)O)c3)ccc1-2. The molecule has 0 aromatic heterocycles. The Morgan fingerprint density at radius 3 is 1.98 bits per heavy atom. The van der Waals surface area contributed by atoms with Crippen LogP contribution in [0, 0.1) is 0 Å². The van der Waals surface area contributed by atoms with Crippen molar-refractivity contribution in [2.75, 3.05) is 26.1 Å². The molecule has 5 aromatic rings. The Morgan fingerprint density at radius 2 is 1.33 bits per heavy atom. The zero-order valence-corrected chi connectivity index (χ0v) is 32.1. The third-order valence-electron chi connectivity index (χ3n) is 10.4. The maximum absolute atomic E-state index is 13.2. The third-order valence-corrected chi connectivity index (χ3v) is 11.9. The zero-order valence-electron chi connectivity index (χ0n) is 29.8. The van der Waals surface area contributed by atoms with Gasteiger partial charge in [0.2, 0.25) is 5.43 Å². The summed E-state index contributed by atoms with van der Waals surface area (Å²) in [5, 5.41) is 10.6. The molecule has 0 unspecified atom stereocenters. The monoisotopic (exact) mass is 777 g/mol. The lowest BCUT2D eigenvalue weighted by molar-refractivity contribution is 0.416. The van der Waals surface area contributed by atoms with Crippen molar-refractivity contribution >= 4 is 50.0 Å². The molecule has 0 amide bonds. The molecule has 0 atom stereocenters. The minimum Gasteiger partial charge on any atom is -0.506 e. The molecule has 1 heterocycles. The zero-order chi connectivity index (χ0) is 38.4. The average Bonchev–Trinajstić information content (AvgIpc) is 3.36. The average molecular weight is 779 g/mol. The van der Waals surface area contributed by atoms with E-state index in [4.69, 9.17) is 32.4 Å². The highest BCUT2D eigenvalue weighted by Gasteiger charge is 2.36. The number of phenols is 1. The Morgan fingerprint density at radius 1 is 0.722 bits per heavy atom. The van der Waals surface area contributed by atoms with Crippen molar-refractivity contribution in [3.8, 4) is 67.3 Å². The lowest BCUT2D eigenvalue weighted by Crippen LogP contribution is -2.15. The fourth-order valence-corrected chi connectivity index (χ4v) is 8.64. The number of nitrogens with zero attached hydrogens (tertiary/aromatic N) is 1. The summed E-state index contributed by atoms with van der Waals surface area (Å²) in [4.78, 5) is 14.2. The summed E-state index contributed by atoms with van der Waals surface area (Å²) in [5.74, 6) is 0.614. The number of benzene rings is 6. The largest absolute Gasteiger partial charge is 0.506 e. The van der Waals surface area contributed by atoms with Gasteiger partial charge < -0.3 is 19.2 Å². The summed E-state index contributed by atoms with van der Waals surface area (Å²) in [5.41, 5.74) is 8.72. The van der Waals surface area contributed by atoms with E-state index < -0.39 is 21.0 Å². The van der Waals surface area contributed by atoms with Gasteiger partial charge in [-0.15, -0.1) is 0 Å². The first-order valence-electron chi connectivity index (χ1n) is 16.9. The van der Waals surface area contributed by atoms with Crippen LogP contribution in [0.4, 0.5) is 5.69 Å². The van der Waals surface area contributed by atoms with E-state index in [0.717, 1.165) is 50.4 Å². The van der Waals surface area contributed by atoms with E-state index in [0.29, 0.717) is 22.1 Å². The first-order chi connectivity index (χ1) is 25.6. The predicted molar refractivity (Wildman–Crippen MR) is 215 cm³/mol. The van der Waals surface area contributed by atoms with Crippen molar-refractivity contribution in [3.05, 3.63) is 128 Å². The molecule has 272 valence electrons. The number of anilines is 1. The summed E-state index contributed by atoms with van der Waals surface area (Å²) in [6.07, 6.45) is 0. The number of phenolic OH excluding ortho intramolecular Hbond substituents is 1. The number of rotatable bonds is 6. The van der Waals surface area contributed by atoms with E-state index in [1.165, 1.54) is 30.3 Å². The van der Waals surface area contributed by atoms with Crippen LogP contribution in [0.25, 0.3) is 66.8 Å². The smallest absolute Gasteiger partial charge is 0.295 e. The van der Waals surface area contributed by atoms with Crippen LogP contribution in [0.1, 0.15) is 25.0 Å². The van der Waals surface area contributed by atoms with Crippen LogP contribution in [-0.2, 0) is 15.5 Å². The van der Waals surface area contributed by atoms with Gasteiger partial charge in [0, 0.05) is 71.0 Å². The number of methoxy groups -OCH3 is 1. The highest BCUT2D eigenvalue weighted by atomic mass is 35.5. The van der Waals surface area contributed by atoms with Gasteiger partial charge in [-0.05, 0) is 81.4 Å². The molecule has 8 rings (SSSR count). The Hall–Kier alpha value is -5.32. The van der Waals surface area contributed by atoms with Gasteiger partial charge in [0.1, 0.15) is 27.7 Å². The van der Waals surface area contributed by atoms with E-state index >= 15 is 0 Å². The molecule has 0 fully saturated rings. The predicted octanol–water partition coefficient (Wildman–Crippen LogP) is 10.5. The number of hydrogen-bond acceptors (Lipinski definition) is 7. The van der Waals surface area contributed by atoms with Crippen molar-refractivity contribution in [2.24, 2.45) is 0 Å². The molecule has 0 radical (unpaired) electrons. The van der Waals surface area contributed by atoms with Gasteiger partial charge >= 0.3 is 0 Å². The number of fused-ring (bicyclic) bond motifs is 5. The van der Waals surface area contributed by atoms with Gasteiger partial charge in [-0.25, -0.2) is 0 Å². The molecular weight excluding hydrogens is 745 g/mol. The van der Waals surface area contributed by atoms with Gasteiger partial charge in [-0.2, -0.15) is 8.42 Å². The molecule has 3 aliphatic rings. The molecule has 54 heavy (non-hydrogen) atoms. The Kier molecular flexibility index (Phi) is 8.35. The van der Waals surface area contributed by atoms with Crippen LogP contribution in [0.2, 0.25) is 10.0 Å². The molecular formula is C43H33Cl2NO7S. The van der Waals surface area contributed by atoms with Crippen LogP contribution >= 0.6 is 23.2 Å². The van der Waals surface area contributed by atoms with Crippen molar-refractivity contribution in [1.82, 2.24) is 0 Å². The summed E-state index contributed by atoms with van der Waals surface area (Å²) in [6, 6.07) is 28.8. The second-order valence-electron chi connectivity index (χ2n) is 14.2. The van der Waals surface area contributed by atoms with Crippen molar-refractivity contribution < 1.29 is 27.2 Å². The molecule has 1 aliphatic heterocycles. The highest BCUT2D eigenvalue weighted by Crippen LogP contribution is 2.52. The van der Waals surface area contributed by atoms with Crippen LogP contribution < -0.4 is 15.1 Å². The lowest BCUT2D eigenvalue weighted by Gasteiger charge is -2.23. The number of halogens is 2. The Bertz CT molecular complexity index is 2860. The van der Waals surface area contributed by atoms with E-state index in [1.54, 1.807) is 19.2 Å². The Labute approximate surface area is 321 Å². The maximum atomic E-state index is 13.2. The minimum atomic E-state index is -4.83. The second-order valence-corrected chi connectivity index (χ2v) is 16.4. The van der Waals surface area contributed by atoms with Crippen LogP contribution in [0.5, 0.6) is 11.5 Å². The molecule has 0 bridgehead atoms. The van der Waals surface area contributed by atoms with Gasteiger partial charge in [0.15, 0.2) is 0 Å². The normalized spacial score (nSPS) is 13.3. The van der Waals surface area contributed by atoms with Crippen LogP contribution in [0.15, 0.2) is 111 Å². The first-order valence-corrected chi connectivity index (χ1v) is 19.1. The van der Waals surface area contributed by atoms with Crippen molar-refractivity contribution in [3.63, 3.8) is 0 Å². The summed E-state index contributed by atoms with van der Waals surface area (Å²) in [7, 11) is 0.825. The molecule has 0 saturated heterocycles. The van der Waals surface area contributed by atoms with E-state index in [1.807, 2.05) is 37.2 Å². The van der Waals surface area contributed by atoms with E-state index in [9.17, 15) is 22.9 Å². The molecule has 0 spiro atoms. The molecule has 2 aliphatic carbocycles. The third kappa shape index (κ3) is 5.70.